The number of hydrogen-bond donors (Lipinski definition) is 0. The van der Waals surface area contributed by atoms with E-state index in [1.807, 2.05) is 35.3 Å². The van der Waals surface area contributed by atoms with Crippen molar-refractivity contribution in [3.63, 3.8) is 0 Å². The lowest BCUT2D eigenvalue weighted by atomic mass is 10.2. The largest absolute Gasteiger partial charge is 0.283 e. The molecule has 1 unspecified atom stereocenters. The first-order valence-electron chi connectivity index (χ1n) is 5.29. The highest BCUT2D eigenvalue weighted by Gasteiger charge is 2.29. The zero-order valence-electron chi connectivity index (χ0n) is 9.18. The summed E-state index contributed by atoms with van der Waals surface area (Å²) in [5.74, 6) is 0.650. The molecule has 1 saturated heterocycles. The summed E-state index contributed by atoms with van der Waals surface area (Å²) in [6.45, 7) is 5.53. The van der Waals surface area contributed by atoms with E-state index in [0.29, 0.717) is 5.92 Å². The zero-order valence-corrected chi connectivity index (χ0v) is 9.18. The number of nitrogens with zero attached hydrogens (tertiary/aromatic N) is 2. The molecule has 3 heteroatoms. The molecule has 0 bridgehead atoms. The normalized spacial score (nSPS) is 20.8. The van der Waals surface area contributed by atoms with Gasteiger partial charge in [-0.3, -0.25) is 14.8 Å². The molecule has 0 saturated carbocycles. The first kappa shape index (κ1) is 10.0. The molecule has 15 heavy (non-hydrogen) atoms. The second-order valence-corrected chi connectivity index (χ2v) is 4.12. The minimum atomic E-state index is 0.114. The molecule has 2 rings (SSSR count). The summed E-state index contributed by atoms with van der Waals surface area (Å²) >= 11 is 0. The Balaban J connectivity index is 2.24. The van der Waals surface area contributed by atoms with Crippen molar-refractivity contribution in [2.24, 2.45) is 5.92 Å². The van der Waals surface area contributed by atoms with Crippen LogP contribution in [0.15, 0.2) is 30.3 Å². The van der Waals surface area contributed by atoms with Gasteiger partial charge in [0.15, 0.2) is 0 Å². The Morgan fingerprint density at radius 2 is 1.93 bits per heavy atom. The monoisotopic (exact) mass is 204 g/mol. The number of carbonyl (C=O) groups is 1. The molecule has 1 aliphatic heterocycles. The van der Waals surface area contributed by atoms with Gasteiger partial charge in [0.05, 0.1) is 5.69 Å². The smallest absolute Gasteiger partial charge is 0.237 e. The van der Waals surface area contributed by atoms with E-state index in [-0.39, 0.29) is 5.91 Å². The molecular formula is C12H16N2O. The molecule has 1 amide bonds. The van der Waals surface area contributed by atoms with Gasteiger partial charge in [0.1, 0.15) is 0 Å². The molecule has 1 aromatic carbocycles. The van der Waals surface area contributed by atoms with Crippen molar-refractivity contribution in [2.45, 2.75) is 13.8 Å². The molecule has 80 valence electrons. The Bertz CT molecular complexity index is 350. The SMILES string of the molecule is CC(=O)N1CC(C)CN1c1ccccc1. The van der Waals surface area contributed by atoms with Crippen LogP contribution in [0.3, 0.4) is 0 Å². The van der Waals surface area contributed by atoms with E-state index in [9.17, 15) is 4.79 Å². The van der Waals surface area contributed by atoms with Crippen molar-refractivity contribution < 1.29 is 4.79 Å². The maximum atomic E-state index is 11.5. The van der Waals surface area contributed by atoms with Crippen molar-refractivity contribution in [2.75, 3.05) is 18.1 Å². The summed E-state index contributed by atoms with van der Waals surface area (Å²) in [5.41, 5.74) is 1.09. The lowest BCUT2D eigenvalue weighted by Gasteiger charge is -2.28. The van der Waals surface area contributed by atoms with E-state index in [0.717, 1.165) is 18.8 Å². The molecule has 3 nitrogen and oxygen atoms in total. The maximum absolute atomic E-state index is 11.5. The molecule has 1 aliphatic rings. The van der Waals surface area contributed by atoms with Gasteiger partial charge in [-0.1, -0.05) is 25.1 Å². The van der Waals surface area contributed by atoms with Crippen LogP contribution in [0.2, 0.25) is 0 Å². The first-order valence-corrected chi connectivity index (χ1v) is 5.29. The van der Waals surface area contributed by atoms with Crippen LogP contribution in [0.4, 0.5) is 5.69 Å². The van der Waals surface area contributed by atoms with Crippen molar-refractivity contribution in [3.05, 3.63) is 30.3 Å². The van der Waals surface area contributed by atoms with Crippen LogP contribution < -0.4 is 5.01 Å². The van der Waals surface area contributed by atoms with Crippen molar-refractivity contribution >= 4 is 11.6 Å². The van der Waals surface area contributed by atoms with Gasteiger partial charge in [-0.05, 0) is 18.1 Å². The third-order valence-electron chi connectivity index (χ3n) is 2.68. The second kappa shape index (κ2) is 3.93. The minimum Gasteiger partial charge on any atom is -0.283 e. The molecule has 0 spiro atoms. The van der Waals surface area contributed by atoms with Crippen molar-refractivity contribution in [1.82, 2.24) is 5.01 Å². The average Bonchev–Trinajstić information content (AvgIpc) is 2.62. The lowest BCUT2D eigenvalue weighted by molar-refractivity contribution is -0.128. The van der Waals surface area contributed by atoms with E-state index in [1.165, 1.54) is 0 Å². The van der Waals surface area contributed by atoms with Crippen LogP contribution in [-0.4, -0.2) is 24.0 Å². The summed E-state index contributed by atoms with van der Waals surface area (Å²) in [5, 5.41) is 3.88. The van der Waals surface area contributed by atoms with Gasteiger partial charge in [-0.2, -0.15) is 0 Å². The zero-order chi connectivity index (χ0) is 10.8. The van der Waals surface area contributed by atoms with Crippen molar-refractivity contribution in [3.8, 4) is 0 Å². The summed E-state index contributed by atoms with van der Waals surface area (Å²) < 4.78 is 0. The predicted molar refractivity (Wildman–Crippen MR) is 60.3 cm³/mol. The molecular weight excluding hydrogens is 188 g/mol. The fourth-order valence-corrected chi connectivity index (χ4v) is 1.99. The van der Waals surface area contributed by atoms with Crippen LogP contribution in [0.1, 0.15) is 13.8 Å². The van der Waals surface area contributed by atoms with Gasteiger partial charge in [0.25, 0.3) is 0 Å². The third-order valence-corrected chi connectivity index (χ3v) is 2.68. The van der Waals surface area contributed by atoms with Crippen LogP contribution in [-0.2, 0) is 4.79 Å². The Labute approximate surface area is 90.3 Å². The van der Waals surface area contributed by atoms with E-state index in [4.69, 9.17) is 0 Å². The standard InChI is InChI=1S/C12H16N2O/c1-10-8-13(11(2)15)14(9-10)12-6-4-3-5-7-12/h3-7,10H,8-9H2,1-2H3. The lowest BCUT2D eigenvalue weighted by Crippen LogP contribution is -2.39. The summed E-state index contributed by atoms with van der Waals surface area (Å²) in [6.07, 6.45) is 0. The summed E-state index contributed by atoms with van der Waals surface area (Å²) in [6, 6.07) is 10.1. The Morgan fingerprint density at radius 1 is 1.27 bits per heavy atom. The maximum Gasteiger partial charge on any atom is 0.237 e. The van der Waals surface area contributed by atoms with Crippen LogP contribution in [0.25, 0.3) is 0 Å². The predicted octanol–water partition coefficient (Wildman–Crippen LogP) is 1.91. The quantitative estimate of drug-likeness (QED) is 0.697. The molecule has 0 N–H and O–H groups in total. The van der Waals surface area contributed by atoms with Gasteiger partial charge < -0.3 is 0 Å². The van der Waals surface area contributed by atoms with Gasteiger partial charge >= 0.3 is 0 Å². The van der Waals surface area contributed by atoms with Crippen LogP contribution in [0.5, 0.6) is 0 Å². The number of carbonyl (C=O) groups excluding carboxylic acids is 1. The number of para-hydroxylation sites is 1. The van der Waals surface area contributed by atoms with E-state index >= 15 is 0 Å². The molecule has 0 aliphatic carbocycles. The van der Waals surface area contributed by atoms with Gasteiger partial charge in [0, 0.05) is 20.0 Å². The van der Waals surface area contributed by atoms with Crippen LogP contribution >= 0.6 is 0 Å². The van der Waals surface area contributed by atoms with Gasteiger partial charge in [0.2, 0.25) is 5.91 Å². The molecule has 0 aromatic heterocycles. The van der Waals surface area contributed by atoms with E-state index in [1.54, 1.807) is 6.92 Å². The summed E-state index contributed by atoms with van der Waals surface area (Å²) in [7, 11) is 0. The highest BCUT2D eigenvalue weighted by molar-refractivity contribution is 5.76. The highest BCUT2D eigenvalue weighted by atomic mass is 16.2. The topological polar surface area (TPSA) is 23.6 Å². The van der Waals surface area contributed by atoms with Gasteiger partial charge in [-0.15, -0.1) is 0 Å². The molecule has 0 radical (unpaired) electrons. The van der Waals surface area contributed by atoms with Crippen LogP contribution in [0, 0.1) is 5.92 Å². The number of amides is 1. The third kappa shape index (κ3) is 1.96. The average molecular weight is 204 g/mol. The first-order chi connectivity index (χ1) is 7.18. The Kier molecular flexibility index (Phi) is 2.62. The van der Waals surface area contributed by atoms with Crippen molar-refractivity contribution in [1.29, 1.82) is 0 Å². The minimum absolute atomic E-state index is 0.114. The number of hydrazine groups is 1. The molecule has 1 heterocycles. The Morgan fingerprint density at radius 3 is 2.53 bits per heavy atom. The molecule has 1 fully saturated rings. The molecule has 1 atom stereocenters. The van der Waals surface area contributed by atoms with E-state index < -0.39 is 0 Å². The fraction of sp³-hybridized carbons (Fsp3) is 0.417. The summed E-state index contributed by atoms with van der Waals surface area (Å²) in [4.78, 5) is 11.5. The Hall–Kier alpha value is -1.51. The fourth-order valence-electron chi connectivity index (χ4n) is 1.99. The van der Waals surface area contributed by atoms with Gasteiger partial charge in [-0.25, -0.2) is 0 Å². The highest BCUT2D eigenvalue weighted by Crippen LogP contribution is 2.23. The number of benzene rings is 1. The number of rotatable bonds is 1. The second-order valence-electron chi connectivity index (χ2n) is 4.12. The number of anilines is 1. The molecule has 1 aromatic rings. The van der Waals surface area contributed by atoms with E-state index in [2.05, 4.69) is 11.9 Å². The number of hydrogen-bond acceptors (Lipinski definition) is 2.